The van der Waals surface area contributed by atoms with Crippen molar-refractivity contribution in [3.05, 3.63) is 112 Å². The monoisotopic (exact) mass is 346 g/mol. The predicted molar refractivity (Wildman–Crippen MR) is 99.6 cm³/mol. The highest BCUT2D eigenvalue weighted by molar-refractivity contribution is 5.94. The van der Waals surface area contributed by atoms with E-state index in [9.17, 15) is 14.9 Å². The molecule has 0 fully saturated rings. The number of nitrogens with zero attached hydrogens (tertiary/aromatic N) is 2. The highest BCUT2D eigenvalue weighted by atomic mass is 16.6. The Morgan fingerprint density at radius 2 is 1.23 bits per heavy atom. The molecule has 0 aromatic heterocycles. The number of nitro groups is 1. The van der Waals surface area contributed by atoms with Gasteiger partial charge in [0.25, 0.3) is 11.6 Å². The van der Waals surface area contributed by atoms with Crippen molar-refractivity contribution in [2.24, 2.45) is 0 Å². The molecule has 0 aliphatic rings. The number of hydrogen-bond donors (Lipinski definition) is 0. The number of carbonyl (C=O) groups is 1. The van der Waals surface area contributed by atoms with Crippen LogP contribution in [-0.2, 0) is 13.1 Å². The van der Waals surface area contributed by atoms with Crippen LogP contribution >= 0.6 is 0 Å². The minimum absolute atomic E-state index is 0.0285. The van der Waals surface area contributed by atoms with Gasteiger partial charge in [-0.3, -0.25) is 14.9 Å². The largest absolute Gasteiger partial charge is 0.330 e. The zero-order valence-electron chi connectivity index (χ0n) is 14.1. The van der Waals surface area contributed by atoms with Crippen LogP contribution in [-0.4, -0.2) is 15.7 Å². The molecule has 130 valence electrons. The summed E-state index contributed by atoms with van der Waals surface area (Å²) >= 11 is 0. The fourth-order valence-corrected chi connectivity index (χ4v) is 2.72. The maximum absolute atomic E-state index is 13.0. The molecule has 0 N–H and O–H groups in total. The van der Waals surface area contributed by atoms with Crippen LogP contribution < -0.4 is 0 Å². The lowest BCUT2D eigenvalue weighted by Crippen LogP contribution is -2.30. The quantitative estimate of drug-likeness (QED) is 0.490. The molecule has 0 aliphatic carbocycles. The standard InChI is InChI=1S/C21H18N2O3/c24-21(19-11-13-20(14-12-19)23(25)26)22(15-17-7-3-1-4-8-17)16-18-9-5-2-6-10-18/h1-14H,15-16H2. The van der Waals surface area contributed by atoms with Crippen molar-refractivity contribution in [3.63, 3.8) is 0 Å². The molecule has 5 nitrogen and oxygen atoms in total. The Labute approximate surface area is 151 Å². The number of nitro benzene ring substituents is 1. The van der Waals surface area contributed by atoms with Crippen LogP contribution in [0.5, 0.6) is 0 Å². The highest BCUT2D eigenvalue weighted by Crippen LogP contribution is 2.17. The number of non-ortho nitro benzene ring substituents is 1. The van der Waals surface area contributed by atoms with Gasteiger partial charge < -0.3 is 4.90 Å². The second-order valence-electron chi connectivity index (χ2n) is 5.94. The van der Waals surface area contributed by atoms with E-state index in [1.54, 1.807) is 4.90 Å². The average molecular weight is 346 g/mol. The molecule has 3 aromatic carbocycles. The van der Waals surface area contributed by atoms with Gasteiger partial charge in [-0.2, -0.15) is 0 Å². The Morgan fingerprint density at radius 3 is 1.65 bits per heavy atom. The molecular weight excluding hydrogens is 328 g/mol. The van der Waals surface area contributed by atoms with Gasteiger partial charge in [0.05, 0.1) is 4.92 Å². The minimum atomic E-state index is -0.472. The average Bonchev–Trinajstić information content (AvgIpc) is 2.68. The molecule has 3 rings (SSSR count). The molecule has 3 aromatic rings. The van der Waals surface area contributed by atoms with Crippen LogP contribution in [0.4, 0.5) is 5.69 Å². The van der Waals surface area contributed by atoms with Gasteiger partial charge in [0.2, 0.25) is 0 Å². The predicted octanol–water partition coefficient (Wildman–Crippen LogP) is 4.44. The topological polar surface area (TPSA) is 63.4 Å². The Bertz CT molecular complexity index is 837. The molecule has 5 heteroatoms. The van der Waals surface area contributed by atoms with E-state index in [2.05, 4.69) is 0 Å². The van der Waals surface area contributed by atoms with Gasteiger partial charge in [-0.1, -0.05) is 60.7 Å². The van der Waals surface area contributed by atoms with Gasteiger partial charge in [0.15, 0.2) is 0 Å². The Hall–Kier alpha value is -3.47. The third kappa shape index (κ3) is 4.33. The smallest absolute Gasteiger partial charge is 0.269 e. The highest BCUT2D eigenvalue weighted by Gasteiger charge is 2.18. The summed E-state index contributed by atoms with van der Waals surface area (Å²) in [6, 6.07) is 25.2. The van der Waals surface area contributed by atoms with Gasteiger partial charge in [-0.05, 0) is 23.3 Å². The number of amides is 1. The van der Waals surface area contributed by atoms with Crippen molar-refractivity contribution in [1.29, 1.82) is 0 Å². The summed E-state index contributed by atoms with van der Waals surface area (Å²) in [5, 5.41) is 10.8. The van der Waals surface area contributed by atoms with Gasteiger partial charge in [0, 0.05) is 30.8 Å². The third-order valence-corrected chi connectivity index (χ3v) is 4.04. The molecule has 0 aliphatic heterocycles. The molecule has 1 amide bonds. The maximum atomic E-state index is 13.0. The van der Waals surface area contributed by atoms with Gasteiger partial charge in [-0.25, -0.2) is 0 Å². The van der Waals surface area contributed by atoms with E-state index in [-0.39, 0.29) is 11.6 Å². The van der Waals surface area contributed by atoms with E-state index in [0.29, 0.717) is 18.7 Å². The van der Waals surface area contributed by atoms with Crippen molar-refractivity contribution in [1.82, 2.24) is 4.90 Å². The number of rotatable bonds is 6. The molecule has 26 heavy (non-hydrogen) atoms. The third-order valence-electron chi connectivity index (χ3n) is 4.04. The second-order valence-corrected chi connectivity index (χ2v) is 5.94. The molecule has 0 unspecified atom stereocenters. The molecule has 0 bridgehead atoms. The number of benzene rings is 3. The summed E-state index contributed by atoms with van der Waals surface area (Å²) in [6.07, 6.45) is 0. The summed E-state index contributed by atoms with van der Waals surface area (Å²) in [6.45, 7) is 0.928. The maximum Gasteiger partial charge on any atom is 0.269 e. The Kier molecular flexibility index (Phi) is 5.39. The lowest BCUT2D eigenvalue weighted by Gasteiger charge is -2.23. The fraction of sp³-hybridized carbons (Fsp3) is 0.0952. The van der Waals surface area contributed by atoms with E-state index in [4.69, 9.17) is 0 Å². The summed E-state index contributed by atoms with van der Waals surface area (Å²) in [7, 11) is 0. The number of hydrogen-bond acceptors (Lipinski definition) is 3. The molecule has 0 saturated heterocycles. The van der Waals surface area contributed by atoms with Crippen LogP contribution in [0.15, 0.2) is 84.9 Å². The second kappa shape index (κ2) is 8.07. The normalized spacial score (nSPS) is 10.3. The van der Waals surface area contributed by atoms with Crippen molar-refractivity contribution in [2.45, 2.75) is 13.1 Å². The SMILES string of the molecule is O=C(c1ccc([N+](=O)[O-])cc1)N(Cc1ccccc1)Cc1ccccc1. The first kappa shape index (κ1) is 17.4. The lowest BCUT2D eigenvalue weighted by molar-refractivity contribution is -0.384. The summed E-state index contributed by atoms with van der Waals surface area (Å²) in [5.74, 6) is -0.160. The molecule has 0 radical (unpaired) electrons. The van der Waals surface area contributed by atoms with Crippen LogP contribution in [0.3, 0.4) is 0 Å². The van der Waals surface area contributed by atoms with E-state index in [0.717, 1.165) is 11.1 Å². The van der Waals surface area contributed by atoms with E-state index >= 15 is 0 Å². The van der Waals surface area contributed by atoms with Crippen molar-refractivity contribution in [3.8, 4) is 0 Å². The molecular formula is C21H18N2O3. The molecule has 0 heterocycles. The van der Waals surface area contributed by atoms with Crippen LogP contribution in [0.25, 0.3) is 0 Å². The first-order valence-electron chi connectivity index (χ1n) is 8.25. The molecule has 0 spiro atoms. The van der Waals surface area contributed by atoms with Gasteiger partial charge >= 0.3 is 0 Å². The van der Waals surface area contributed by atoms with Crippen molar-refractivity contribution in [2.75, 3.05) is 0 Å². The fourth-order valence-electron chi connectivity index (χ4n) is 2.72. The first-order chi connectivity index (χ1) is 12.6. The lowest BCUT2D eigenvalue weighted by atomic mass is 10.1. The van der Waals surface area contributed by atoms with Crippen molar-refractivity contribution < 1.29 is 9.72 Å². The Morgan fingerprint density at radius 1 is 0.769 bits per heavy atom. The zero-order chi connectivity index (χ0) is 18.4. The minimum Gasteiger partial charge on any atom is -0.330 e. The van der Waals surface area contributed by atoms with Gasteiger partial charge in [-0.15, -0.1) is 0 Å². The van der Waals surface area contributed by atoms with Crippen LogP contribution in [0, 0.1) is 10.1 Å². The van der Waals surface area contributed by atoms with E-state index < -0.39 is 4.92 Å². The summed E-state index contributed by atoms with van der Waals surface area (Å²) in [4.78, 5) is 25.1. The Balaban J connectivity index is 1.85. The summed E-state index contributed by atoms with van der Waals surface area (Å²) < 4.78 is 0. The number of carbonyl (C=O) groups excluding carboxylic acids is 1. The van der Waals surface area contributed by atoms with Crippen LogP contribution in [0.2, 0.25) is 0 Å². The van der Waals surface area contributed by atoms with E-state index in [1.165, 1.54) is 24.3 Å². The van der Waals surface area contributed by atoms with E-state index in [1.807, 2.05) is 60.7 Å². The van der Waals surface area contributed by atoms with Gasteiger partial charge in [0.1, 0.15) is 0 Å². The molecule has 0 atom stereocenters. The summed E-state index contributed by atoms with van der Waals surface area (Å²) in [5.41, 5.74) is 2.46. The molecule has 0 saturated carbocycles. The van der Waals surface area contributed by atoms with Crippen LogP contribution in [0.1, 0.15) is 21.5 Å². The van der Waals surface area contributed by atoms with Crippen molar-refractivity contribution >= 4 is 11.6 Å². The first-order valence-corrected chi connectivity index (χ1v) is 8.25. The zero-order valence-corrected chi connectivity index (χ0v) is 14.1.